The zero-order chi connectivity index (χ0) is 47.9. The predicted octanol–water partition coefficient (Wildman–Crippen LogP) is 16.9. The first-order valence-corrected chi connectivity index (χ1v) is 23.9. The van der Waals surface area contributed by atoms with Crippen molar-refractivity contribution in [2.45, 2.75) is 97.8 Å². The average Bonchev–Trinajstić information content (AvgIpc) is 3.89. The minimum atomic E-state index is -0.365. The highest BCUT2D eigenvalue weighted by atomic mass is 16.3. The first-order chi connectivity index (χ1) is 32.3. The van der Waals surface area contributed by atoms with Crippen LogP contribution in [0, 0.1) is 0 Å². The van der Waals surface area contributed by atoms with Crippen LogP contribution in [0.15, 0.2) is 168 Å². The largest absolute Gasteiger partial charge is 0.507 e. The maximum Gasteiger partial charge on any atom is 0.149 e. The molecule has 0 atom stereocenters. The molecule has 0 fully saturated rings. The lowest BCUT2D eigenvalue weighted by Gasteiger charge is -2.28. The number of phenolic OH excluding ortho intramolecular Hbond substituents is 1. The van der Waals surface area contributed by atoms with Gasteiger partial charge in [-0.05, 0) is 92.1 Å². The topological polar surface area (TPSA) is 64.1 Å². The minimum Gasteiger partial charge on any atom is -0.507 e. The lowest BCUT2D eigenvalue weighted by atomic mass is 9.76. The first-order valence-electron chi connectivity index (χ1n) is 23.9. The fraction of sp³-hybridized carbons (Fsp3) is 0.238. The fourth-order valence-corrected chi connectivity index (χ4v) is 9.70. The van der Waals surface area contributed by atoms with Gasteiger partial charge in [0.05, 0.1) is 28.0 Å². The lowest BCUT2D eigenvalue weighted by molar-refractivity contribution is 0.446. The Labute approximate surface area is 401 Å². The summed E-state index contributed by atoms with van der Waals surface area (Å²) in [7, 11) is 0. The van der Waals surface area contributed by atoms with Crippen LogP contribution < -0.4 is 0 Å². The SMILES string of the molecule is CC(C)(C)c1ccc(-n2c(-c3cc(C(C)(C)C)cc(C(C)(C)C)c3O)nc3c(-c4cc(-c5cc6oc7ccccc7c6cn5)cc(C(C)(C)c5ccccc5)c4)cccc32)c(-c2ccccc2)c1. The van der Waals surface area contributed by atoms with Gasteiger partial charge in [-0.15, -0.1) is 0 Å². The molecule has 0 aliphatic carbocycles. The van der Waals surface area contributed by atoms with Gasteiger partial charge in [0, 0.05) is 50.7 Å². The molecule has 0 aliphatic rings. The van der Waals surface area contributed by atoms with Gasteiger partial charge in [0.15, 0.2) is 0 Å². The van der Waals surface area contributed by atoms with Gasteiger partial charge in [-0.25, -0.2) is 4.98 Å². The summed E-state index contributed by atoms with van der Waals surface area (Å²) in [5.41, 5.74) is 15.7. The Hall–Kier alpha value is -7.24. The van der Waals surface area contributed by atoms with E-state index in [1.54, 1.807) is 0 Å². The Bertz CT molecular complexity index is 3530. The molecule has 1 N–H and O–H groups in total. The van der Waals surface area contributed by atoms with Crippen molar-refractivity contribution in [3.63, 3.8) is 0 Å². The molecule has 68 heavy (non-hydrogen) atoms. The van der Waals surface area contributed by atoms with Crippen molar-refractivity contribution in [1.82, 2.24) is 14.5 Å². The second-order valence-corrected chi connectivity index (χ2v) is 22.2. The number of imidazole rings is 1. The number of nitrogens with zero attached hydrogens (tertiary/aromatic N) is 3. The van der Waals surface area contributed by atoms with Gasteiger partial charge in [-0.3, -0.25) is 9.55 Å². The van der Waals surface area contributed by atoms with Crippen LogP contribution in [0.1, 0.15) is 104 Å². The first kappa shape index (κ1) is 44.6. The monoisotopic (exact) mass is 891 g/mol. The number of furan rings is 1. The van der Waals surface area contributed by atoms with Crippen molar-refractivity contribution in [2.24, 2.45) is 0 Å². The second kappa shape index (κ2) is 16.2. The molecule has 5 nitrogen and oxygen atoms in total. The Morgan fingerprint density at radius 2 is 1.13 bits per heavy atom. The van der Waals surface area contributed by atoms with Crippen LogP contribution in [0.3, 0.4) is 0 Å². The molecule has 3 heterocycles. The van der Waals surface area contributed by atoms with E-state index in [0.717, 1.165) is 88.9 Å². The number of phenols is 1. The van der Waals surface area contributed by atoms with Crippen LogP contribution in [0.4, 0.5) is 0 Å². The fourth-order valence-electron chi connectivity index (χ4n) is 9.70. The number of pyridine rings is 1. The third-order valence-electron chi connectivity index (χ3n) is 13.9. The van der Waals surface area contributed by atoms with Crippen LogP contribution in [0.5, 0.6) is 5.75 Å². The zero-order valence-electron chi connectivity index (χ0n) is 41.3. The van der Waals surface area contributed by atoms with E-state index in [-0.39, 0.29) is 27.4 Å². The molecule has 0 aliphatic heterocycles. The highest BCUT2D eigenvalue weighted by molar-refractivity contribution is 6.05. The Balaban J connectivity index is 1.29. The molecular formula is C63H61N3O2. The van der Waals surface area contributed by atoms with Crippen molar-refractivity contribution in [2.75, 3.05) is 0 Å². The minimum absolute atomic E-state index is 0.0873. The maximum absolute atomic E-state index is 12.6. The number of hydrogen-bond acceptors (Lipinski definition) is 4. The van der Waals surface area contributed by atoms with Gasteiger partial charge in [0.2, 0.25) is 0 Å². The molecule has 3 aromatic heterocycles. The molecule has 0 amide bonds. The summed E-state index contributed by atoms with van der Waals surface area (Å²) >= 11 is 0. The summed E-state index contributed by atoms with van der Waals surface area (Å²) in [5, 5.41) is 14.7. The second-order valence-electron chi connectivity index (χ2n) is 22.2. The normalized spacial score (nSPS) is 12.7. The number of para-hydroxylation sites is 2. The van der Waals surface area contributed by atoms with Gasteiger partial charge in [-0.2, -0.15) is 0 Å². The average molecular weight is 892 g/mol. The molecular weight excluding hydrogens is 831 g/mol. The summed E-state index contributed by atoms with van der Waals surface area (Å²) in [6.07, 6.45) is 1.94. The van der Waals surface area contributed by atoms with Crippen molar-refractivity contribution < 1.29 is 9.52 Å². The number of aromatic hydroxyl groups is 1. The molecule has 0 spiro atoms. The lowest BCUT2D eigenvalue weighted by Crippen LogP contribution is -2.19. The Morgan fingerprint density at radius 1 is 0.471 bits per heavy atom. The molecule has 0 unspecified atom stereocenters. The highest BCUT2D eigenvalue weighted by Gasteiger charge is 2.31. The van der Waals surface area contributed by atoms with Crippen molar-refractivity contribution >= 4 is 33.0 Å². The third-order valence-corrected chi connectivity index (χ3v) is 13.9. The van der Waals surface area contributed by atoms with E-state index < -0.39 is 0 Å². The third kappa shape index (κ3) is 7.88. The van der Waals surface area contributed by atoms with Crippen LogP contribution >= 0.6 is 0 Å². The van der Waals surface area contributed by atoms with E-state index >= 15 is 0 Å². The summed E-state index contributed by atoms with van der Waals surface area (Å²) in [6, 6.07) is 56.1. The van der Waals surface area contributed by atoms with Gasteiger partial charge in [0.25, 0.3) is 0 Å². The van der Waals surface area contributed by atoms with E-state index in [1.165, 1.54) is 11.1 Å². The molecule has 5 heteroatoms. The van der Waals surface area contributed by atoms with E-state index in [2.05, 4.69) is 220 Å². The van der Waals surface area contributed by atoms with Gasteiger partial charge in [0.1, 0.15) is 22.7 Å². The van der Waals surface area contributed by atoms with E-state index in [0.29, 0.717) is 11.4 Å². The summed E-state index contributed by atoms with van der Waals surface area (Å²) in [5.74, 6) is 0.928. The van der Waals surface area contributed by atoms with E-state index in [1.807, 2.05) is 24.4 Å². The molecule has 10 rings (SSSR count). The molecule has 340 valence electrons. The van der Waals surface area contributed by atoms with Crippen molar-refractivity contribution in [3.8, 4) is 56.3 Å². The number of fused-ring (bicyclic) bond motifs is 4. The molecule has 10 aromatic rings. The van der Waals surface area contributed by atoms with Crippen LogP contribution in [-0.4, -0.2) is 19.6 Å². The zero-order valence-corrected chi connectivity index (χ0v) is 41.3. The van der Waals surface area contributed by atoms with Crippen molar-refractivity contribution in [3.05, 3.63) is 192 Å². The predicted molar refractivity (Wildman–Crippen MR) is 284 cm³/mol. The number of benzene rings is 7. The standard InChI is InChI=1S/C63H61N3O2/c1-60(2,3)43-29-30-53(48(34-43)39-21-14-12-15-22-39)66-54-27-20-26-46(57(54)65-59(66)49-35-44(61(4,5)6)36-51(58(49)67)62(7,8)9)40-31-41(33-45(32-40)63(10,11)42-23-16-13-17-24-42)52-37-56-50(38-64-52)47-25-18-19-28-55(47)68-56/h12-38,67H,1-11H3. The smallest absolute Gasteiger partial charge is 0.149 e. The quantitative estimate of drug-likeness (QED) is 0.173. The maximum atomic E-state index is 12.6. The number of hydrogen-bond donors (Lipinski definition) is 1. The molecule has 0 saturated heterocycles. The van der Waals surface area contributed by atoms with Crippen LogP contribution in [0.25, 0.3) is 83.6 Å². The summed E-state index contributed by atoms with van der Waals surface area (Å²) in [6.45, 7) is 24.6. The van der Waals surface area contributed by atoms with Crippen molar-refractivity contribution in [1.29, 1.82) is 0 Å². The van der Waals surface area contributed by atoms with E-state index in [4.69, 9.17) is 14.4 Å². The molecule has 0 radical (unpaired) electrons. The summed E-state index contributed by atoms with van der Waals surface area (Å²) < 4.78 is 8.71. The van der Waals surface area contributed by atoms with Gasteiger partial charge in [-0.1, -0.05) is 185 Å². The van der Waals surface area contributed by atoms with Crippen LogP contribution in [0.2, 0.25) is 0 Å². The van der Waals surface area contributed by atoms with Crippen LogP contribution in [-0.2, 0) is 21.7 Å². The Morgan fingerprint density at radius 3 is 1.84 bits per heavy atom. The summed E-state index contributed by atoms with van der Waals surface area (Å²) in [4.78, 5) is 10.8. The number of aromatic nitrogens is 3. The molecule has 7 aromatic carbocycles. The molecule has 0 saturated carbocycles. The molecule has 0 bridgehead atoms. The Kier molecular flexibility index (Phi) is 10.6. The van der Waals surface area contributed by atoms with Gasteiger partial charge >= 0.3 is 0 Å². The van der Waals surface area contributed by atoms with E-state index in [9.17, 15) is 5.11 Å². The van der Waals surface area contributed by atoms with Gasteiger partial charge < -0.3 is 9.52 Å². The highest BCUT2D eigenvalue weighted by Crippen LogP contribution is 2.47. The number of rotatable bonds is 7.